The van der Waals surface area contributed by atoms with Gasteiger partial charge in [0.2, 0.25) is 5.91 Å². The smallest absolute Gasteiger partial charge is 0.231 e. The summed E-state index contributed by atoms with van der Waals surface area (Å²) < 4.78 is 2.00. The monoisotopic (exact) mass is 544 g/mol. The number of aromatic nitrogens is 3. The first-order valence-corrected chi connectivity index (χ1v) is 16.5. The lowest BCUT2D eigenvalue weighted by atomic mass is 9.48. The Morgan fingerprint density at radius 2 is 1.62 bits per heavy atom. The van der Waals surface area contributed by atoms with Crippen LogP contribution >= 0.6 is 0 Å². The molecule has 7 rings (SSSR count). The number of carbonyl (C=O) groups excluding carboxylic acids is 1. The summed E-state index contributed by atoms with van der Waals surface area (Å²) in [6, 6.07) is 4.54. The van der Waals surface area contributed by atoms with E-state index in [-0.39, 0.29) is 11.3 Å². The molecule has 0 aromatic carbocycles. The minimum atomic E-state index is 0.149. The Morgan fingerprint density at radius 3 is 2.25 bits per heavy atom. The molecule has 0 unspecified atom stereocenters. The van der Waals surface area contributed by atoms with Crippen LogP contribution in [0.1, 0.15) is 130 Å². The van der Waals surface area contributed by atoms with E-state index in [9.17, 15) is 4.79 Å². The van der Waals surface area contributed by atoms with Gasteiger partial charge in [0.15, 0.2) is 0 Å². The second-order valence-corrected chi connectivity index (χ2v) is 15.3. The summed E-state index contributed by atoms with van der Waals surface area (Å²) in [5.41, 5.74) is 3.56. The van der Waals surface area contributed by atoms with Crippen molar-refractivity contribution in [2.45, 2.75) is 130 Å². The van der Waals surface area contributed by atoms with Crippen molar-refractivity contribution in [2.75, 3.05) is 11.4 Å². The van der Waals surface area contributed by atoms with Crippen LogP contribution in [0.4, 0.5) is 5.82 Å². The maximum atomic E-state index is 14.2. The number of rotatable bonds is 7. The van der Waals surface area contributed by atoms with Gasteiger partial charge in [0.25, 0.3) is 0 Å². The second-order valence-electron chi connectivity index (χ2n) is 15.3. The van der Waals surface area contributed by atoms with Crippen LogP contribution in [0, 0.1) is 28.1 Å². The lowest BCUT2D eigenvalue weighted by Gasteiger charge is -2.58. The number of amides is 1. The molecular formula is C35H52N4O. The maximum absolute atomic E-state index is 14.2. The van der Waals surface area contributed by atoms with Crippen molar-refractivity contribution in [1.29, 1.82) is 0 Å². The van der Waals surface area contributed by atoms with Gasteiger partial charge in [-0.1, -0.05) is 33.1 Å². The van der Waals surface area contributed by atoms with Crippen LogP contribution in [0.25, 0.3) is 11.1 Å². The van der Waals surface area contributed by atoms with Crippen molar-refractivity contribution in [3.05, 3.63) is 30.7 Å². The fraction of sp³-hybridized carbons (Fsp3) is 0.743. The van der Waals surface area contributed by atoms with E-state index in [1.807, 2.05) is 17.1 Å². The van der Waals surface area contributed by atoms with Crippen molar-refractivity contribution >= 4 is 11.7 Å². The molecule has 2 aromatic rings. The van der Waals surface area contributed by atoms with Crippen LogP contribution in [0.15, 0.2) is 30.7 Å². The van der Waals surface area contributed by atoms with Crippen molar-refractivity contribution in [1.82, 2.24) is 14.8 Å². The molecule has 218 valence electrons. The van der Waals surface area contributed by atoms with E-state index >= 15 is 0 Å². The van der Waals surface area contributed by atoms with Crippen molar-refractivity contribution < 1.29 is 4.79 Å². The van der Waals surface area contributed by atoms with Gasteiger partial charge >= 0.3 is 0 Å². The third-order valence-electron chi connectivity index (χ3n) is 11.9. The Labute approximate surface area is 242 Å². The maximum Gasteiger partial charge on any atom is 0.231 e. The Bertz CT molecular complexity index is 1150. The second kappa shape index (κ2) is 10.9. The third kappa shape index (κ3) is 5.51. The molecule has 5 nitrogen and oxygen atoms in total. The zero-order valence-corrected chi connectivity index (χ0v) is 25.6. The van der Waals surface area contributed by atoms with Gasteiger partial charge in [-0.05, 0) is 131 Å². The van der Waals surface area contributed by atoms with Crippen LogP contribution in [0.5, 0.6) is 0 Å². The van der Waals surface area contributed by atoms with Crippen molar-refractivity contribution in [3.8, 4) is 11.1 Å². The van der Waals surface area contributed by atoms with Crippen LogP contribution in [-0.4, -0.2) is 27.2 Å². The normalized spacial score (nSPS) is 29.1. The minimum absolute atomic E-state index is 0.149. The number of nitrogens with zero attached hydrogens (tertiary/aromatic N) is 4. The van der Waals surface area contributed by atoms with Crippen LogP contribution in [0.2, 0.25) is 0 Å². The lowest BCUT2D eigenvalue weighted by molar-refractivity contribution is -0.124. The average molecular weight is 545 g/mol. The highest BCUT2D eigenvalue weighted by molar-refractivity contribution is 5.94. The Hall–Kier alpha value is -2.17. The molecule has 1 amide bonds. The number of hydrogen-bond acceptors (Lipinski definition) is 3. The number of fused-ring (bicyclic) bond motifs is 3. The summed E-state index contributed by atoms with van der Waals surface area (Å²) in [4.78, 5) is 21.2. The highest BCUT2D eigenvalue weighted by atomic mass is 16.2. The lowest BCUT2D eigenvalue weighted by Crippen LogP contribution is -2.52. The van der Waals surface area contributed by atoms with E-state index in [0.29, 0.717) is 22.8 Å². The first kappa shape index (κ1) is 28.0. The standard InChI is InChI=1S/C35H52N4O/c1-26(2)39-24-29(23-37-39)28-12-21-36-31(22-28)38(32(40)27-8-6-5-7-9-27)25-34-15-18-35(19-16-34,20-17-34)30-10-13-33(3,4)14-11-30/h12,21-24,26-27,30H,5-11,13-20,25H2,1-4H3. The van der Waals surface area contributed by atoms with Gasteiger partial charge in [0.1, 0.15) is 5.82 Å². The topological polar surface area (TPSA) is 51.0 Å². The van der Waals surface area contributed by atoms with E-state index < -0.39 is 0 Å². The van der Waals surface area contributed by atoms with Gasteiger partial charge < -0.3 is 0 Å². The van der Waals surface area contributed by atoms with E-state index in [0.717, 1.165) is 42.2 Å². The third-order valence-corrected chi connectivity index (χ3v) is 11.9. The van der Waals surface area contributed by atoms with Crippen molar-refractivity contribution in [2.24, 2.45) is 28.1 Å². The molecule has 2 aromatic heterocycles. The molecular weight excluding hydrogens is 492 g/mol. The zero-order valence-electron chi connectivity index (χ0n) is 25.6. The molecule has 5 saturated carbocycles. The molecule has 0 saturated heterocycles. The highest BCUT2D eigenvalue weighted by Crippen LogP contribution is 2.63. The SMILES string of the molecule is CC(C)n1cc(-c2ccnc(N(CC34CCC(C5CCC(C)(C)CC5)(CC3)CC4)C(=O)C3CCCCC3)c2)cn1. The fourth-order valence-corrected chi connectivity index (χ4v) is 8.85. The van der Waals surface area contributed by atoms with Gasteiger partial charge in [-0.15, -0.1) is 0 Å². The molecule has 0 aliphatic heterocycles. The van der Waals surface area contributed by atoms with E-state index in [2.05, 4.69) is 56.0 Å². The summed E-state index contributed by atoms with van der Waals surface area (Å²) in [6.45, 7) is 10.1. The number of hydrogen-bond donors (Lipinski definition) is 0. The zero-order chi connectivity index (χ0) is 28.0. The average Bonchev–Trinajstić information content (AvgIpc) is 3.48. The highest BCUT2D eigenvalue weighted by Gasteiger charge is 2.53. The molecule has 0 radical (unpaired) electrons. The van der Waals surface area contributed by atoms with Crippen LogP contribution < -0.4 is 4.90 Å². The van der Waals surface area contributed by atoms with Gasteiger partial charge in [-0.25, -0.2) is 4.98 Å². The Balaban J connectivity index is 1.23. The minimum Gasteiger partial charge on any atom is -0.296 e. The molecule has 40 heavy (non-hydrogen) atoms. The Morgan fingerprint density at radius 1 is 0.950 bits per heavy atom. The van der Waals surface area contributed by atoms with Crippen LogP contribution in [0.3, 0.4) is 0 Å². The van der Waals surface area contributed by atoms with Gasteiger partial charge in [0, 0.05) is 36.5 Å². The summed E-state index contributed by atoms with van der Waals surface area (Å²) in [5, 5.41) is 4.57. The molecule has 2 heterocycles. The molecule has 5 aliphatic rings. The van der Waals surface area contributed by atoms with Gasteiger partial charge in [0.05, 0.1) is 6.20 Å². The number of pyridine rings is 1. The number of carbonyl (C=O) groups is 1. The van der Waals surface area contributed by atoms with Gasteiger partial charge in [-0.2, -0.15) is 5.10 Å². The predicted octanol–water partition coefficient (Wildman–Crippen LogP) is 9.00. The van der Waals surface area contributed by atoms with E-state index in [1.165, 1.54) is 83.5 Å². The fourth-order valence-electron chi connectivity index (χ4n) is 8.85. The summed E-state index contributed by atoms with van der Waals surface area (Å²) in [5.74, 6) is 2.24. The van der Waals surface area contributed by atoms with Gasteiger partial charge in [-0.3, -0.25) is 14.4 Å². The molecule has 0 spiro atoms. The molecule has 5 heteroatoms. The Kier molecular flexibility index (Phi) is 7.63. The van der Waals surface area contributed by atoms with E-state index in [4.69, 9.17) is 4.98 Å². The largest absolute Gasteiger partial charge is 0.296 e. The first-order valence-electron chi connectivity index (χ1n) is 16.5. The molecule has 5 fully saturated rings. The summed E-state index contributed by atoms with van der Waals surface area (Å²) >= 11 is 0. The van der Waals surface area contributed by atoms with E-state index in [1.54, 1.807) is 0 Å². The molecule has 5 aliphatic carbocycles. The predicted molar refractivity (Wildman–Crippen MR) is 163 cm³/mol. The number of anilines is 1. The quantitative estimate of drug-likeness (QED) is 0.349. The summed E-state index contributed by atoms with van der Waals surface area (Å²) in [7, 11) is 0. The van der Waals surface area contributed by atoms with Crippen LogP contribution in [-0.2, 0) is 4.79 Å². The molecule has 2 bridgehead atoms. The molecule has 0 atom stereocenters. The first-order chi connectivity index (χ1) is 19.2. The molecule has 0 N–H and O–H groups in total. The summed E-state index contributed by atoms with van der Waals surface area (Å²) in [6.07, 6.45) is 25.2. The van der Waals surface area contributed by atoms with Crippen molar-refractivity contribution in [3.63, 3.8) is 0 Å².